The standard InChI is InChI=1S/C18H24O10/c1-5-25-15(21)13(16(22)26-6-2)11(19)9-10-12(20)14(17(23)27-7-3)18(24)28-8-4/h9-10,13-14H,5-8H2,1-4H3. The lowest BCUT2D eigenvalue weighted by molar-refractivity contribution is -0.166. The fourth-order valence-electron chi connectivity index (χ4n) is 1.92. The highest BCUT2D eigenvalue weighted by atomic mass is 16.6. The first-order chi connectivity index (χ1) is 13.2. The summed E-state index contributed by atoms with van der Waals surface area (Å²) in [7, 11) is 0. The van der Waals surface area contributed by atoms with Gasteiger partial charge in [-0.25, -0.2) is 0 Å². The van der Waals surface area contributed by atoms with Gasteiger partial charge < -0.3 is 18.9 Å². The first kappa shape index (κ1) is 25.0. The Balaban J connectivity index is 5.52. The third-order valence-corrected chi connectivity index (χ3v) is 3.07. The molecule has 0 N–H and O–H groups in total. The van der Waals surface area contributed by atoms with E-state index < -0.39 is 47.3 Å². The van der Waals surface area contributed by atoms with Gasteiger partial charge in [-0.2, -0.15) is 0 Å². The van der Waals surface area contributed by atoms with Crippen LogP contribution in [0.1, 0.15) is 27.7 Å². The van der Waals surface area contributed by atoms with Crippen LogP contribution in [0.5, 0.6) is 0 Å². The molecule has 0 fully saturated rings. The van der Waals surface area contributed by atoms with Crippen molar-refractivity contribution in [3.05, 3.63) is 12.2 Å². The number of ketones is 2. The van der Waals surface area contributed by atoms with Gasteiger partial charge in [-0.15, -0.1) is 0 Å². The number of esters is 4. The molecule has 0 spiro atoms. The molecule has 0 heterocycles. The number of rotatable bonds is 12. The molecule has 0 aliphatic heterocycles. The van der Waals surface area contributed by atoms with Gasteiger partial charge in [0.05, 0.1) is 26.4 Å². The number of carbonyl (C=O) groups excluding carboxylic acids is 6. The van der Waals surface area contributed by atoms with E-state index in [9.17, 15) is 28.8 Å². The van der Waals surface area contributed by atoms with Crippen molar-refractivity contribution in [2.75, 3.05) is 26.4 Å². The molecule has 0 rings (SSSR count). The Morgan fingerprint density at radius 1 is 0.536 bits per heavy atom. The summed E-state index contributed by atoms with van der Waals surface area (Å²) >= 11 is 0. The van der Waals surface area contributed by atoms with Crippen LogP contribution in [0.4, 0.5) is 0 Å². The predicted molar refractivity (Wildman–Crippen MR) is 92.7 cm³/mol. The van der Waals surface area contributed by atoms with Crippen molar-refractivity contribution in [3.8, 4) is 0 Å². The molecule has 0 aliphatic rings. The number of hydrogen-bond acceptors (Lipinski definition) is 10. The zero-order valence-corrected chi connectivity index (χ0v) is 16.2. The Hall–Kier alpha value is -3.04. The van der Waals surface area contributed by atoms with Crippen LogP contribution in [0.2, 0.25) is 0 Å². The molecular weight excluding hydrogens is 376 g/mol. The van der Waals surface area contributed by atoms with E-state index in [0.717, 1.165) is 0 Å². The number of ether oxygens (including phenoxy) is 4. The molecule has 156 valence electrons. The molecule has 0 aromatic carbocycles. The summed E-state index contributed by atoms with van der Waals surface area (Å²) in [6.45, 7) is 5.58. The molecule has 0 radical (unpaired) electrons. The van der Waals surface area contributed by atoms with Gasteiger partial charge in [-0.1, -0.05) is 0 Å². The lowest BCUT2D eigenvalue weighted by atomic mass is 10.0. The van der Waals surface area contributed by atoms with Crippen LogP contribution in [0.15, 0.2) is 12.2 Å². The molecule has 0 unspecified atom stereocenters. The Bertz CT molecular complexity index is 544. The summed E-state index contributed by atoms with van der Waals surface area (Å²) in [5.74, 6) is -10.6. The van der Waals surface area contributed by atoms with E-state index >= 15 is 0 Å². The average Bonchev–Trinajstić information content (AvgIpc) is 2.61. The van der Waals surface area contributed by atoms with Crippen LogP contribution in [-0.4, -0.2) is 61.9 Å². The lowest BCUT2D eigenvalue weighted by Gasteiger charge is -2.12. The van der Waals surface area contributed by atoms with Gasteiger partial charge in [0.15, 0.2) is 11.6 Å². The van der Waals surface area contributed by atoms with Gasteiger partial charge in [0, 0.05) is 0 Å². The molecule has 0 amide bonds. The van der Waals surface area contributed by atoms with E-state index in [1.54, 1.807) is 0 Å². The van der Waals surface area contributed by atoms with Crippen molar-refractivity contribution < 1.29 is 47.7 Å². The van der Waals surface area contributed by atoms with Crippen molar-refractivity contribution in [1.29, 1.82) is 0 Å². The highest BCUT2D eigenvalue weighted by Crippen LogP contribution is 2.10. The molecule has 0 saturated carbocycles. The normalized spacial score (nSPS) is 10.6. The van der Waals surface area contributed by atoms with Gasteiger partial charge in [-0.05, 0) is 39.8 Å². The van der Waals surface area contributed by atoms with Gasteiger partial charge in [0.1, 0.15) is 0 Å². The maximum absolute atomic E-state index is 12.2. The Morgan fingerprint density at radius 2 is 0.750 bits per heavy atom. The van der Waals surface area contributed by atoms with Crippen LogP contribution >= 0.6 is 0 Å². The molecule has 0 aromatic rings. The lowest BCUT2D eigenvalue weighted by Crippen LogP contribution is -2.35. The highest BCUT2D eigenvalue weighted by molar-refractivity contribution is 6.22. The largest absolute Gasteiger partial charge is 0.465 e. The molecule has 0 saturated heterocycles. The van der Waals surface area contributed by atoms with Crippen LogP contribution < -0.4 is 0 Å². The smallest absolute Gasteiger partial charge is 0.328 e. The van der Waals surface area contributed by atoms with Gasteiger partial charge in [0.25, 0.3) is 0 Å². The zero-order valence-electron chi connectivity index (χ0n) is 16.2. The maximum atomic E-state index is 12.2. The van der Waals surface area contributed by atoms with Crippen LogP contribution in [0.25, 0.3) is 0 Å². The summed E-state index contributed by atoms with van der Waals surface area (Å²) in [4.78, 5) is 71.9. The minimum absolute atomic E-state index is 0.0849. The highest BCUT2D eigenvalue weighted by Gasteiger charge is 2.37. The molecule has 0 aromatic heterocycles. The zero-order chi connectivity index (χ0) is 21.7. The molecule has 0 atom stereocenters. The molecule has 28 heavy (non-hydrogen) atoms. The fourth-order valence-corrected chi connectivity index (χ4v) is 1.92. The number of allylic oxidation sites excluding steroid dienone is 2. The number of carbonyl (C=O) groups is 6. The SMILES string of the molecule is CCOC(=O)C(C(=O)C=CC(=O)C(C(=O)OCC)C(=O)OCC)C(=O)OCC. The third-order valence-electron chi connectivity index (χ3n) is 3.07. The Morgan fingerprint density at radius 3 is 0.929 bits per heavy atom. The minimum atomic E-state index is -1.92. The molecular formula is C18H24O10. The van der Waals surface area contributed by atoms with E-state index in [4.69, 9.17) is 0 Å². The Kier molecular flexibility index (Phi) is 11.7. The maximum Gasteiger partial charge on any atom is 0.328 e. The van der Waals surface area contributed by atoms with E-state index in [1.165, 1.54) is 27.7 Å². The predicted octanol–water partition coefficient (Wildman–Crippen LogP) is 0.166. The summed E-state index contributed by atoms with van der Waals surface area (Å²) < 4.78 is 18.6. The van der Waals surface area contributed by atoms with Gasteiger partial charge >= 0.3 is 23.9 Å². The topological polar surface area (TPSA) is 139 Å². The van der Waals surface area contributed by atoms with E-state index in [2.05, 4.69) is 18.9 Å². The van der Waals surface area contributed by atoms with Crippen molar-refractivity contribution >= 4 is 35.4 Å². The summed E-state index contributed by atoms with van der Waals surface area (Å²) in [5, 5.41) is 0. The molecule has 0 aliphatic carbocycles. The first-order valence-corrected chi connectivity index (χ1v) is 8.67. The van der Waals surface area contributed by atoms with Crippen molar-refractivity contribution in [3.63, 3.8) is 0 Å². The summed E-state index contributed by atoms with van der Waals surface area (Å²) in [5.41, 5.74) is 0. The van der Waals surface area contributed by atoms with E-state index in [0.29, 0.717) is 12.2 Å². The second-order valence-electron chi connectivity index (χ2n) is 5.01. The molecule has 10 nitrogen and oxygen atoms in total. The molecule has 10 heteroatoms. The average molecular weight is 400 g/mol. The van der Waals surface area contributed by atoms with Gasteiger partial charge in [-0.3, -0.25) is 28.8 Å². The van der Waals surface area contributed by atoms with Crippen molar-refractivity contribution in [1.82, 2.24) is 0 Å². The van der Waals surface area contributed by atoms with Crippen molar-refractivity contribution in [2.24, 2.45) is 11.8 Å². The van der Waals surface area contributed by atoms with Crippen LogP contribution in [-0.2, 0) is 47.7 Å². The minimum Gasteiger partial charge on any atom is -0.465 e. The van der Waals surface area contributed by atoms with Crippen molar-refractivity contribution in [2.45, 2.75) is 27.7 Å². The van der Waals surface area contributed by atoms with Crippen LogP contribution in [0, 0.1) is 11.8 Å². The summed E-state index contributed by atoms with van der Waals surface area (Å²) in [6, 6.07) is 0. The monoisotopic (exact) mass is 400 g/mol. The van der Waals surface area contributed by atoms with E-state index in [-0.39, 0.29) is 26.4 Å². The Labute approximate surface area is 162 Å². The number of hydrogen-bond donors (Lipinski definition) is 0. The van der Waals surface area contributed by atoms with Gasteiger partial charge in [0.2, 0.25) is 11.8 Å². The first-order valence-electron chi connectivity index (χ1n) is 8.67. The third kappa shape index (κ3) is 7.68. The van der Waals surface area contributed by atoms with E-state index in [1.807, 2.05) is 0 Å². The van der Waals surface area contributed by atoms with Crippen LogP contribution in [0.3, 0.4) is 0 Å². The fraction of sp³-hybridized carbons (Fsp3) is 0.556. The second kappa shape index (κ2) is 13.2. The second-order valence-corrected chi connectivity index (χ2v) is 5.01. The quantitative estimate of drug-likeness (QED) is 0.193. The summed E-state index contributed by atoms with van der Waals surface area (Å²) in [6.07, 6.45) is 1.21. The molecule has 0 bridgehead atoms.